The van der Waals surface area contributed by atoms with Crippen molar-refractivity contribution in [3.8, 4) is 5.75 Å². The fraction of sp³-hybridized carbons (Fsp3) is 0.375. The second-order valence-corrected chi connectivity index (χ2v) is 5.59. The molecular weight excluding hydrogens is 322 g/mol. The highest BCUT2D eigenvalue weighted by atomic mass is 19.1. The second kappa shape index (κ2) is 6.96. The van der Waals surface area contributed by atoms with E-state index >= 15 is 0 Å². The summed E-state index contributed by atoms with van der Waals surface area (Å²) in [4.78, 5) is 13.8. The van der Waals surface area contributed by atoms with Crippen LogP contribution in [0.5, 0.6) is 5.75 Å². The number of aliphatic hydroxyl groups excluding tert-OH is 1. The molecule has 1 fully saturated rings. The maximum absolute atomic E-state index is 13.5. The molecule has 0 spiro atoms. The largest absolute Gasteiger partial charge is 0.482 e. The topological polar surface area (TPSA) is 75.8 Å². The number of aliphatic hydroxyl groups is 1. The molecule has 0 unspecified atom stereocenters. The zero-order valence-electron chi connectivity index (χ0n) is 12.7. The van der Waals surface area contributed by atoms with Gasteiger partial charge in [0, 0.05) is 25.2 Å². The van der Waals surface area contributed by atoms with E-state index in [1.54, 1.807) is 0 Å². The summed E-state index contributed by atoms with van der Waals surface area (Å²) in [6.07, 6.45) is 0.869. The lowest BCUT2D eigenvalue weighted by Crippen LogP contribution is -2.42. The second-order valence-electron chi connectivity index (χ2n) is 5.59. The van der Waals surface area contributed by atoms with Gasteiger partial charge in [-0.25, -0.2) is 8.78 Å². The Kier molecular flexibility index (Phi) is 4.75. The summed E-state index contributed by atoms with van der Waals surface area (Å²) in [5.74, 6) is -1.75. The number of benzene rings is 1. The Morgan fingerprint density at radius 2 is 2.25 bits per heavy atom. The van der Waals surface area contributed by atoms with Gasteiger partial charge >= 0.3 is 0 Å². The van der Waals surface area contributed by atoms with E-state index in [-0.39, 0.29) is 36.3 Å². The number of ether oxygens (including phenoxy) is 1. The number of hydrogen-bond acceptors (Lipinski definition) is 5. The van der Waals surface area contributed by atoms with Gasteiger partial charge in [-0.05, 0) is 25.0 Å². The van der Waals surface area contributed by atoms with E-state index in [0.717, 1.165) is 12.5 Å². The van der Waals surface area contributed by atoms with Gasteiger partial charge in [0.05, 0.1) is 6.10 Å². The van der Waals surface area contributed by atoms with Crippen LogP contribution in [0.2, 0.25) is 0 Å². The number of aromatic nitrogens is 1. The van der Waals surface area contributed by atoms with E-state index in [0.29, 0.717) is 19.0 Å². The van der Waals surface area contributed by atoms with Crippen LogP contribution in [0, 0.1) is 11.6 Å². The number of likely N-dealkylation sites (tertiary alicyclic amines) is 1. The molecule has 1 atom stereocenters. The highest BCUT2D eigenvalue weighted by Gasteiger charge is 2.25. The Hall–Kier alpha value is -2.48. The Morgan fingerprint density at radius 1 is 1.42 bits per heavy atom. The van der Waals surface area contributed by atoms with Crippen molar-refractivity contribution in [1.29, 1.82) is 0 Å². The summed E-state index contributed by atoms with van der Waals surface area (Å²) < 4.78 is 36.5. The minimum absolute atomic E-state index is 0.0993. The van der Waals surface area contributed by atoms with Crippen LogP contribution >= 0.6 is 0 Å². The smallest absolute Gasteiger partial charge is 0.276 e. The van der Waals surface area contributed by atoms with Crippen LogP contribution in [-0.4, -0.2) is 40.3 Å². The van der Waals surface area contributed by atoms with Crippen LogP contribution in [0.4, 0.5) is 8.78 Å². The van der Waals surface area contributed by atoms with Gasteiger partial charge in [-0.3, -0.25) is 4.79 Å². The van der Waals surface area contributed by atoms with Crippen molar-refractivity contribution in [3.63, 3.8) is 0 Å². The first kappa shape index (κ1) is 16.4. The van der Waals surface area contributed by atoms with Crippen molar-refractivity contribution < 1.29 is 27.9 Å². The maximum atomic E-state index is 13.5. The van der Waals surface area contributed by atoms with Crippen molar-refractivity contribution >= 4 is 5.91 Å². The van der Waals surface area contributed by atoms with Crippen molar-refractivity contribution in [3.05, 3.63) is 47.4 Å². The lowest BCUT2D eigenvalue weighted by molar-refractivity contribution is 0.0465. The van der Waals surface area contributed by atoms with Gasteiger partial charge in [-0.2, -0.15) is 0 Å². The molecule has 6 nitrogen and oxygen atoms in total. The average Bonchev–Trinajstić information content (AvgIpc) is 3.02. The monoisotopic (exact) mass is 338 g/mol. The third-order valence-corrected chi connectivity index (χ3v) is 3.73. The minimum atomic E-state index is -0.826. The van der Waals surface area contributed by atoms with E-state index in [4.69, 9.17) is 9.26 Å². The van der Waals surface area contributed by atoms with Crippen molar-refractivity contribution in [2.45, 2.75) is 25.6 Å². The SMILES string of the molecule is O=C(c1cc(COc2ccc(F)cc2F)on1)N1CCC[C@H](O)C1. The molecule has 1 saturated heterocycles. The van der Waals surface area contributed by atoms with Crippen molar-refractivity contribution in [2.24, 2.45) is 0 Å². The van der Waals surface area contributed by atoms with Crippen LogP contribution in [-0.2, 0) is 6.61 Å². The number of nitrogens with zero attached hydrogens (tertiary/aromatic N) is 2. The molecule has 1 N–H and O–H groups in total. The first-order valence-corrected chi connectivity index (χ1v) is 7.53. The zero-order valence-corrected chi connectivity index (χ0v) is 12.7. The molecule has 3 rings (SSSR count). The summed E-state index contributed by atoms with van der Waals surface area (Å²) >= 11 is 0. The van der Waals surface area contributed by atoms with Crippen molar-refractivity contribution in [1.82, 2.24) is 10.1 Å². The molecule has 24 heavy (non-hydrogen) atoms. The van der Waals surface area contributed by atoms with Crippen LogP contribution in [0.25, 0.3) is 0 Å². The Morgan fingerprint density at radius 3 is 3.00 bits per heavy atom. The number of halogens is 2. The fourth-order valence-electron chi connectivity index (χ4n) is 2.52. The molecule has 1 amide bonds. The summed E-state index contributed by atoms with van der Waals surface area (Å²) in [7, 11) is 0. The number of amides is 1. The van der Waals surface area contributed by atoms with Gasteiger partial charge in [0.25, 0.3) is 5.91 Å². The van der Waals surface area contributed by atoms with E-state index in [2.05, 4.69) is 5.16 Å². The number of carbonyl (C=O) groups is 1. The van der Waals surface area contributed by atoms with Gasteiger partial charge in [0.1, 0.15) is 12.4 Å². The molecule has 8 heteroatoms. The lowest BCUT2D eigenvalue weighted by Gasteiger charge is -2.29. The van der Waals surface area contributed by atoms with E-state index in [9.17, 15) is 18.7 Å². The Labute approximate surface area is 136 Å². The van der Waals surface area contributed by atoms with Crippen LogP contribution in [0.3, 0.4) is 0 Å². The summed E-state index contributed by atoms with van der Waals surface area (Å²) in [5, 5.41) is 13.3. The third kappa shape index (κ3) is 3.70. The molecule has 1 aromatic heterocycles. The van der Waals surface area contributed by atoms with Gasteiger partial charge in [0.15, 0.2) is 23.0 Å². The molecule has 1 aromatic carbocycles. The Bertz CT molecular complexity index is 735. The summed E-state index contributed by atoms with van der Waals surface area (Å²) in [5.41, 5.74) is 0.0993. The van der Waals surface area contributed by atoms with E-state index in [1.165, 1.54) is 17.0 Å². The van der Waals surface area contributed by atoms with Gasteiger partial charge < -0.3 is 19.3 Å². The fourth-order valence-corrected chi connectivity index (χ4v) is 2.52. The molecule has 1 aliphatic rings. The number of β-amino-alcohol motifs (C(OH)–C–C–N with tert-alkyl or cyclic N) is 1. The van der Waals surface area contributed by atoms with Crippen LogP contribution in [0.1, 0.15) is 29.1 Å². The zero-order chi connectivity index (χ0) is 17.1. The number of carbonyl (C=O) groups excluding carboxylic acids is 1. The lowest BCUT2D eigenvalue weighted by atomic mass is 10.1. The molecule has 0 aliphatic carbocycles. The predicted molar refractivity (Wildman–Crippen MR) is 78.3 cm³/mol. The normalized spacial score (nSPS) is 17.8. The highest BCUT2D eigenvalue weighted by Crippen LogP contribution is 2.20. The molecule has 2 aromatic rings. The molecule has 0 saturated carbocycles. The van der Waals surface area contributed by atoms with Gasteiger partial charge in [-0.1, -0.05) is 5.16 Å². The molecule has 0 bridgehead atoms. The summed E-state index contributed by atoms with van der Waals surface area (Å²) in [6.45, 7) is 0.666. The molecule has 128 valence electrons. The number of hydrogen-bond donors (Lipinski definition) is 1. The standard InChI is InChI=1S/C16H16F2N2O4/c17-10-3-4-15(13(18)6-10)23-9-12-7-14(19-24-12)16(22)20-5-1-2-11(21)8-20/h3-4,6-7,11,21H,1-2,5,8-9H2/t11-/m0/s1. The molecule has 2 heterocycles. The maximum Gasteiger partial charge on any atom is 0.276 e. The number of piperidine rings is 1. The molecule has 1 aliphatic heterocycles. The van der Waals surface area contributed by atoms with Gasteiger partial charge in [-0.15, -0.1) is 0 Å². The Balaban J connectivity index is 1.62. The van der Waals surface area contributed by atoms with Crippen LogP contribution < -0.4 is 4.74 Å². The first-order chi connectivity index (χ1) is 11.5. The van der Waals surface area contributed by atoms with E-state index < -0.39 is 17.7 Å². The van der Waals surface area contributed by atoms with Crippen molar-refractivity contribution in [2.75, 3.05) is 13.1 Å². The van der Waals surface area contributed by atoms with E-state index in [1.807, 2.05) is 0 Å². The predicted octanol–water partition coefficient (Wildman–Crippen LogP) is 2.13. The van der Waals surface area contributed by atoms with Crippen LogP contribution in [0.15, 0.2) is 28.8 Å². The molecular formula is C16H16F2N2O4. The third-order valence-electron chi connectivity index (χ3n) is 3.73. The first-order valence-electron chi connectivity index (χ1n) is 7.53. The molecule has 0 radical (unpaired) electrons. The minimum Gasteiger partial charge on any atom is -0.482 e. The quantitative estimate of drug-likeness (QED) is 0.924. The average molecular weight is 338 g/mol. The summed E-state index contributed by atoms with van der Waals surface area (Å²) in [6, 6.07) is 4.37. The van der Waals surface area contributed by atoms with Gasteiger partial charge in [0.2, 0.25) is 0 Å². The number of rotatable bonds is 4. The highest BCUT2D eigenvalue weighted by molar-refractivity contribution is 5.92.